The molecular weight excluding hydrogens is 328 g/mol. The Morgan fingerprint density at radius 2 is 2.16 bits per heavy atom. The summed E-state index contributed by atoms with van der Waals surface area (Å²) < 4.78 is 6.25. The molecule has 108 valence electrons. The lowest BCUT2D eigenvalue weighted by Crippen LogP contribution is -2.42. The van der Waals surface area contributed by atoms with Gasteiger partial charge < -0.3 is 10.5 Å². The maximum Gasteiger partial charge on any atom is 0.0615 e. The maximum absolute atomic E-state index is 6.00. The summed E-state index contributed by atoms with van der Waals surface area (Å²) in [7, 11) is 1.72. The number of hydrogen-bond donors (Lipinski definition) is 1. The number of rotatable bonds is 7. The molecule has 3 nitrogen and oxygen atoms in total. The van der Waals surface area contributed by atoms with E-state index in [1.54, 1.807) is 7.11 Å². The highest BCUT2D eigenvalue weighted by Gasteiger charge is 2.24. The predicted octanol–water partition coefficient (Wildman–Crippen LogP) is 3.46. The van der Waals surface area contributed by atoms with Crippen molar-refractivity contribution in [2.45, 2.75) is 25.9 Å². The third kappa shape index (κ3) is 4.43. The third-order valence-electron chi connectivity index (χ3n) is 3.28. The van der Waals surface area contributed by atoms with Crippen LogP contribution in [-0.4, -0.2) is 37.7 Å². The van der Waals surface area contributed by atoms with Crippen LogP contribution in [0.2, 0.25) is 5.02 Å². The summed E-state index contributed by atoms with van der Waals surface area (Å²) in [5.74, 6) is 0. The molecule has 0 aliphatic heterocycles. The van der Waals surface area contributed by atoms with Crippen LogP contribution in [0.5, 0.6) is 0 Å². The van der Waals surface area contributed by atoms with Crippen molar-refractivity contribution in [1.29, 1.82) is 0 Å². The summed E-state index contributed by atoms with van der Waals surface area (Å²) in [6, 6.07) is 6.31. The molecule has 0 spiro atoms. The monoisotopic (exact) mass is 348 g/mol. The number of nitrogens with zero attached hydrogens (tertiary/aromatic N) is 1. The van der Waals surface area contributed by atoms with Gasteiger partial charge in [-0.05, 0) is 31.2 Å². The van der Waals surface area contributed by atoms with Crippen molar-refractivity contribution in [2.24, 2.45) is 5.73 Å². The average Bonchev–Trinajstić information content (AvgIpc) is 2.37. The zero-order valence-corrected chi connectivity index (χ0v) is 14.0. The van der Waals surface area contributed by atoms with Crippen molar-refractivity contribution >= 4 is 27.5 Å². The lowest BCUT2D eigenvalue weighted by Gasteiger charge is -2.35. The third-order valence-corrected chi connectivity index (χ3v) is 4.21. The Morgan fingerprint density at radius 1 is 1.47 bits per heavy atom. The van der Waals surface area contributed by atoms with Crippen LogP contribution in [0.25, 0.3) is 0 Å². The molecule has 5 heteroatoms. The Balaban J connectivity index is 3.02. The molecule has 0 amide bonds. The molecule has 0 aliphatic carbocycles. The number of benzene rings is 1. The van der Waals surface area contributed by atoms with Gasteiger partial charge in [-0.2, -0.15) is 0 Å². The van der Waals surface area contributed by atoms with Crippen LogP contribution in [0.15, 0.2) is 22.7 Å². The van der Waals surface area contributed by atoms with Gasteiger partial charge in [0.2, 0.25) is 0 Å². The van der Waals surface area contributed by atoms with Gasteiger partial charge in [0.15, 0.2) is 0 Å². The fourth-order valence-corrected chi connectivity index (χ4v) is 3.34. The van der Waals surface area contributed by atoms with Crippen LogP contribution in [0, 0.1) is 0 Å². The van der Waals surface area contributed by atoms with E-state index >= 15 is 0 Å². The fourth-order valence-electron chi connectivity index (χ4n) is 2.39. The highest BCUT2D eigenvalue weighted by atomic mass is 79.9. The molecule has 1 rings (SSSR count). The van der Waals surface area contributed by atoms with Crippen LogP contribution < -0.4 is 5.73 Å². The van der Waals surface area contributed by atoms with Crippen molar-refractivity contribution < 1.29 is 4.74 Å². The molecular formula is C14H22BrClN2O. The first kappa shape index (κ1) is 16.9. The van der Waals surface area contributed by atoms with Gasteiger partial charge in [-0.3, -0.25) is 4.90 Å². The molecule has 2 atom stereocenters. The Bertz CT molecular complexity index is 403. The van der Waals surface area contributed by atoms with Crippen molar-refractivity contribution in [2.75, 3.05) is 26.8 Å². The first-order valence-electron chi connectivity index (χ1n) is 6.44. The SMILES string of the molecule is CCN(C(C)COC)C(CN)c1ccc(Cl)cc1Br. The molecule has 0 saturated heterocycles. The zero-order chi connectivity index (χ0) is 14.4. The minimum Gasteiger partial charge on any atom is -0.383 e. The van der Waals surface area contributed by atoms with E-state index in [-0.39, 0.29) is 6.04 Å². The highest BCUT2D eigenvalue weighted by Crippen LogP contribution is 2.30. The van der Waals surface area contributed by atoms with Crippen LogP contribution in [-0.2, 0) is 4.74 Å². The molecule has 1 aromatic carbocycles. The quantitative estimate of drug-likeness (QED) is 0.819. The van der Waals surface area contributed by atoms with Crippen molar-refractivity contribution in [3.8, 4) is 0 Å². The topological polar surface area (TPSA) is 38.5 Å². The predicted molar refractivity (Wildman–Crippen MR) is 84.7 cm³/mol. The molecule has 0 heterocycles. The van der Waals surface area contributed by atoms with Gasteiger partial charge in [0.25, 0.3) is 0 Å². The van der Waals surface area contributed by atoms with E-state index in [4.69, 9.17) is 22.1 Å². The van der Waals surface area contributed by atoms with Crippen molar-refractivity contribution in [3.05, 3.63) is 33.3 Å². The molecule has 1 aromatic rings. The van der Waals surface area contributed by atoms with E-state index in [1.165, 1.54) is 0 Å². The van der Waals surface area contributed by atoms with E-state index in [9.17, 15) is 0 Å². The highest BCUT2D eigenvalue weighted by molar-refractivity contribution is 9.10. The maximum atomic E-state index is 6.00. The van der Waals surface area contributed by atoms with Crippen molar-refractivity contribution in [1.82, 2.24) is 4.90 Å². The van der Waals surface area contributed by atoms with Crippen molar-refractivity contribution in [3.63, 3.8) is 0 Å². The number of ether oxygens (including phenoxy) is 1. The first-order valence-corrected chi connectivity index (χ1v) is 7.61. The van der Waals surface area contributed by atoms with Gasteiger partial charge in [-0.25, -0.2) is 0 Å². The normalized spacial score (nSPS) is 14.7. The van der Waals surface area contributed by atoms with Crippen LogP contribution in [0.4, 0.5) is 0 Å². The second-order valence-corrected chi connectivity index (χ2v) is 5.84. The number of methoxy groups -OCH3 is 1. The molecule has 2 N–H and O–H groups in total. The molecule has 0 radical (unpaired) electrons. The largest absolute Gasteiger partial charge is 0.383 e. The van der Waals surface area contributed by atoms with E-state index in [0.29, 0.717) is 19.2 Å². The lowest BCUT2D eigenvalue weighted by atomic mass is 10.0. The fraction of sp³-hybridized carbons (Fsp3) is 0.571. The average molecular weight is 350 g/mol. The molecule has 0 bridgehead atoms. The minimum absolute atomic E-state index is 0.154. The van der Waals surface area contributed by atoms with Gasteiger partial charge in [-0.15, -0.1) is 0 Å². The Hall–Kier alpha value is -0.130. The summed E-state index contributed by atoms with van der Waals surface area (Å²) in [4.78, 5) is 2.34. The summed E-state index contributed by atoms with van der Waals surface area (Å²) in [5, 5.41) is 0.722. The van der Waals surface area contributed by atoms with Gasteiger partial charge in [0, 0.05) is 35.2 Å². The van der Waals surface area contributed by atoms with Crippen LogP contribution in [0.3, 0.4) is 0 Å². The smallest absolute Gasteiger partial charge is 0.0615 e. The van der Waals surface area contributed by atoms with Gasteiger partial charge in [-0.1, -0.05) is 40.5 Å². The summed E-state index contributed by atoms with van der Waals surface area (Å²) in [5.41, 5.74) is 7.15. The van der Waals surface area contributed by atoms with Crippen LogP contribution in [0.1, 0.15) is 25.5 Å². The second-order valence-electron chi connectivity index (χ2n) is 4.55. The van der Waals surface area contributed by atoms with E-state index < -0.39 is 0 Å². The summed E-state index contributed by atoms with van der Waals surface area (Å²) in [6.45, 7) is 6.46. The first-order chi connectivity index (χ1) is 9.04. The van der Waals surface area contributed by atoms with Crippen LogP contribution >= 0.6 is 27.5 Å². The number of likely N-dealkylation sites (N-methyl/N-ethyl adjacent to an activating group) is 1. The number of nitrogens with two attached hydrogens (primary N) is 1. The molecule has 0 aromatic heterocycles. The molecule has 0 aliphatic rings. The summed E-state index contributed by atoms with van der Waals surface area (Å²) >= 11 is 9.57. The molecule has 0 fully saturated rings. The number of hydrogen-bond acceptors (Lipinski definition) is 3. The van der Waals surface area contributed by atoms with Gasteiger partial charge >= 0.3 is 0 Å². The van der Waals surface area contributed by atoms with Gasteiger partial charge in [0.1, 0.15) is 0 Å². The van der Waals surface area contributed by atoms with E-state index in [2.05, 4.69) is 34.7 Å². The Kier molecular flexibility index (Phi) is 7.32. The Labute approximate surface area is 129 Å². The summed E-state index contributed by atoms with van der Waals surface area (Å²) in [6.07, 6.45) is 0. The van der Waals surface area contributed by atoms with E-state index in [0.717, 1.165) is 21.6 Å². The second kappa shape index (κ2) is 8.22. The molecule has 0 saturated carbocycles. The van der Waals surface area contributed by atoms with E-state index in [1.807, 2.05) is 18.2 Å². The minimum atomic E-state index is 0.154. The zero-order valence-electron chi connectivity index (χ0n) is 11.7. The molecule has 19 heavy (non-hydrogen) atoms. The van der Waals surface area contributed by atoms with Gasteiger partial charge in [0.05, 0.1) is 6.61 Å². The standard InChI is InChI=1S/C14H22BrClN2O/c1-4-18(10(2)9-19-3)14(8-17)12-6-5-11(16)7-13(12)15/h5-7,10,14H,4,8-9,17H2,1-3H3. The molecule has 2 unspecified atom stereocenters. The lowest BCUT2D eigenvalue weighted by molar-refractivity contribution is 0.0749. The Morgan fingerprint density at radius 3 is 2.63 bits per heavy atom. The number of halogens is 2.